The maximum atomic E-state index is 13.9. The van der Waals surface area contributed by atoms with Crippen molar-refractivity contribution in [3.63, 3.8) is 0 Å². The molecule has 2 aliphatic heterocycles. The van der Waals surface area contributed by atoms with Gasteiger partial charge < -0.3 is 14.7 Å². The van der Waals surface area contributed by atoms with E-state index in [-0.39, 0.29) is 11.7 Å². The summed E-state index contributed by atoms with van der Waals surface area (Å²) in [5, 5.41) is 9.88. The van der Waals surface area contributed by atoms with Crippen molar-refractivity contribution < 1.29 is 14.6 Å². The molecule has 5 rings (SSSR count). The van der Waals surface area contributed by atoms with E-state index in [4.69, 9.17) is 9.72 Å². The zero-order valence-corrected chi connectivity index (χ0v) is 21.2. The number of methoxy groups -OCH3 is 1. The van der Waals surface area contributed by atoms with Crippen LogP contribution in [0.5, 0.6) is 11.5 Å². The summed E-state index contributed by atoms with van der Waals surface area (Å²) in [6.07, 6.45) is 9.40. The molecule has 1 aromatic heterocycles. The fourth-order valence-corrected chi connectivity index (χ4v) is 6.54. The van der Waals surface area contributed by atoms with Gasteiger partial charge in [0.25, 0.3) is 5.91 Å². The van der Waals surface area contributed by atoms with Gasteiger partial charge in [0.1, 0.15) is 0 Å². The van der Waals surface area contributed by atoms with Crippen molar-refractivity contribution in [3.05, 3.63) is 52.8 Å². The molecule has 2 atom stereocenters. The summed E-state index contributed by atoms with van der Waals surface area (Å²) in [5.41, 5.74) is 3.97. The monoisotopic (exact) mass is 477 g/mol. The summed E-state index contributed by atoms with van der Waals surface area (Å²) >= 11 is 0. The summed E-state index contributed by atoms with van der Waals surface area (Å²) in [4.78, 5) is 23.5. The highest BCUT2D eigenvalue weighted by atomic mass is 16.5. The lowest BCUT2D eigenvalue weighted by Gasteiger charge is -2.44. The first-order chi connectivity index (χ1) is 17.0. The normalized spacial score (nSPS) is 23.7. The lowest BCUT2D eigenvalue weighted by atomic mass is 9.78. The number of piperidine rings is 2. The van der Waals surface area contributed by atoms with Crippen molar-refractivity contribution >= 4 is 5.91 Å². The van der Waals surface area contributed by atoms with Gasteiger partial charge in [0.05, 0.1) is 18.4 Å². The second kappa shape index (κ2) is 10.6. The number of aromatic hydroxyl groups is 1. The molecule has 0 radical (unpaired) electrons. The fraction of sp³-hybridized carbons (Fsp3) is 0.586. The number of aryl methyl sites for hydroxylation is 1. The van der Waals surface area contributed by atoms with Crippen LogP contribution in [0.2, 0.25) is 0 Å². The van der Waals surface area contributed by atoms with Crippen molar-refractivity contribution in [1.82, 2.24) is 14.8 Å². The number of likely N-dealkylation sites (tertiary alicyclic amines) is 2. The lowest BCUT2D eigenvalue weighted by Crippen LogP contribution is -2.50. The number of nitrogens with zero attached hydrogens (tertiary/aromatic N) is 3. The van der Waals surface area contributed by atoms with Crippen molar-refractivity contribution in [1.29, 1.82) is 0 Å². The van der Waals surface area contributed by atoms with Gasteiger partial charge in [-0.25, -0.2) is 0 Å². The number of benzene rings is 1. The first-order valence-corrected chi connectivity index (χ1v) is 13.4. The van der Waals surface area contributed by atoms with E-state index >= 15 is 0 Å². The molecule has 0 spiro atoms. The lowest BCUT2D eigenvalue weighted by molar-refractivity contribution is 0.0388. The molecule has 2 unspecified atom stereocenters. The summed E-state index contributed by atoms with van der Waals surface area (Å²) in [6.45, 7) is 5.68. The molecule has 2 saturated heterocycles. The van der Waals surface area contributed by atoms with Gasteiger partial charge in [-0.3, -0.25) is 14.7 Å². The third-order valence-corrected chi connectivity index (χ3v) is 8.42. The van der Waals surface area contributed by atoms with Gasteiger partial charge in [-0.15, -0.1) is 0 Å². The molecule has 1 aromatic carbocycles. The molecule has 188 valence electrons. The number of carbonyl (C=O) groups excluding carboxylic acids is 1. The van der Waals surface area contributed by atoms with Gasteiger partial charge in [0, 0.05) is 30.7 Å². The highest BCUT2D eigenvalue weighted by Crippen LogP contribution is 2.37. The smallest absolute Gasteiger partial charge is 0.255 e. The van der Waals surface area contributed by atoms with E-state index in [9.17, 15) is 9.90 Å². The Kier molecular flexibility index (Phi) is 7.28. The Bertz CT molecular complexity index is 1050. The van der Waals surface area contributed by atoms with Crippen LogP contribution >= 0.6 is 0 Å². The average molecular weight is 478 g/mol. The third kappa shape index (κ3) is 5.18. The topological polar surface area (TPSA) is 65.9 Å². The zero-order valence-electron chi connectivity index (χ0n) is 21.2. The van der Waals surface area contributed by atoms with Crippen molar-refractivity contribution in [2.45, 2.75) is 76.8 Å². The number of fused-ring (bicyclic) bond motifs is 1. The van der Waals surface area contributed by atoms with E-state index in [2.05, 4.69) is 9.80 Å². The summed E-state index contributed by atoms with van der Waals surface area (Å²) in [6, 6.07) is 10.0. The van der Waals surface area contributed by atoms with Gasteiger partial charge in [-0.05, 0) is 94.3 Å². The Morgan fingerprint density at radius 2 is 1.80 bits per heavy atom. The molecule has 1 N–H and O–H groups in total. The molecule has 3 aliphatic rings. The molecule has 0 bridgehead atoms. The van der Waals surface area contributed by atoms with Crippen LogP contribution in [-0.2, 0) is 6.54 Å². The largest absolute Gasteiger partial charge is 0.504 e. The highest BCUT2D eigenvalue weighted by molar-refractivity contribution is 5.95. The standard InChI is InChI=1S/C29H39N3O3/c1-20-9-11-24(29(34)32-15-5-7-22-6-3-4-8-25(22)32)28(30-20)23-13-16-31(17-14-23)19-21-10-12-26(33)27(18-21)35-2/h9-12,18,22-23,25,33H,3-8,13-17,19H2,1-2H3. The summed E-state index contributed by atoms with van der Waals surface area (Å²) in [5.74, 6) is 1.90. The van der Waals surface area contributed by atoms with E-state index in [0.29, 0.717) is 23.6 Å². The Morgan fingerprint density at radius 1 is 1.03 bits per heavy atom. The van der Waals surface area contributed by atoms with Gasteiger partial charge in [0.2, 0.25) is 0 Å². The summed E-state index contributed by atoms with van der Waals surface area (Å²) in [7, 11) is 1.58. The van der Waals surface area contributed by atoms with E-state index in [1.165, 1.54) is 25.7 Å². The Balaban J connectivity index is 1.29. The number of ether oxygens (including phenoxy) is 1. The van der Waals surface area contributed by atoms with E-state index in [1.807, 2.05) is 31.2 Å². The minimum absolute atomic E-state index is 0.172. The van der Waals surface area contributed by atoms with Gasteiger partial charge in [-0.1, -0.05) is 18.9 Å². The second-order valence-corrected chi connectivity index (χ2v) is 10.7. The number of phenols is 1. The molecular formula is C29H39N3O3. The van der Waals surface area contributed by atoms with E-state index < -0.39 is 0 Å². The molecule has 2 aromatic rings. The summed E-state index contributed by atoms with van der Waals surface area (Å²) < 4.78 is 5.27. The molecule has 1 amide bonds. The van der Waals surface area contributed by atoms with E-state index in [1.54, 1.807) is 13.2 Å². The van der Waals surface area contributed by atoms with Gasteiger partial charge >= 0.3 is 0 Å². The molecule has 35 heavy (non-hydrogen) atoms. The van der Waals surface area contributed by atoms with E-state index in [0.717, 1.165) is 74.4 Å². The predicted octanol–water partition coefficient (Wildman–Crippen LogP) is 5.28. The first-order valence-electron chi connectivity index (χ1n) is 13.4. The van der Waals surface area contributed by atoms with Gasteiger partial charge in [-0.2, -0.15) is 0 Å². The number of hydrogen-bond donors (Lipinski definition) is 1. The second-order valence-electron chi connectivity index (χ2n) is 10.7. The number of phenolic OH excluding ortho intramolecular Hbond substituents is 1. The van der Waals surface area contributed by atoms with Crippen molar-refractivity contribution in [2.24, 2.45) is 5.92 Å². The quantitative estimate of drug-likeness (QED) is 0.635. The molecular weight excluding hydrogens is 438 g/mol. The fourth-order valence-electron chi connectivity index (χ4n) is 6.54. The van der Waals surface area contributed by atoms with Crippen LogP contribution in [0.25, 0.3) is 0 Å². The number of hydrogen-bond acceptors (Lipinski definition) is 5. The number of rotatable bonds is 5. The minimum Gasteiger partial charge on any atom is -0.504 e. The van der Waals surface area contributed by atoms with Crippen LogP contribution in [0.1, 0.15) is 84.6 Å². The maximum Gasteiger partial charge on any atom is 0.255 e. The number of pyridine rings is 1. The molecule has 6 heteroatoms. The van der Waals surface area contributed by atoms with Crippen LogP contribution in [0.3, 0.4) is 0 Å². The molecule has 1 saturated carbocycles. The Morgan fingerprint density at radius 3 is 2.60 bits per heavy atom. The average Bonchev–Trinajstić information content (AvgIpc) is 2.89. The minimum atomic E-state index is 0.172. The van der Waals surface area contributed by atoms with Crippen LogP contribution in [-0.4, -0.2) is 58.6 Å². The molecule has 6 nitrogen and oxygen atoms in total. The maximum absolute atomic E-state index is 13.9. The van der Waals surface area contributed by atoms with Gasteiger partial charge in [0.15, 0.2) is 11.5 Å². The van der Waals surface area contributed by atoms with Crippen molar-refractivity contribution in [3.8, 4) is 11.5 Å². The Labute approximate surface area is 209 Å². The zero-order chi connectivity index (χ0) is 24.4. The van der Waals surface area contributed by atoms with Crippen LogP contribution < -0.4 is 4.74 Å². The van der Waals surface area contributed by atoms with Crippen molar-refractivity contribution in [2.75, 3.05) is 26.7 Å². The number of aromatic nitrogens is 1. The molecule has 1 aliphatic carbocycles. The predicted molar refractivity (Wildman–Crippen MR) is 137 cm³/mol. The van der Waals surface area contributed by atoms with Crippen LogP contribution in [0.15, 0.2) is 30.3 Å². The molecule has 3 heterocycles. The van der Waals surface area contributed by atoms with Crippen LogP contribution in [0.4, 0.5) is 0 Å². The number of carbonyl (C=O) groups is 1. The Hall–Kier alpha value is -2.60. The third-order valence-electron chi connectivity index (χ3n) is 8.42. The highest BCUT2D eigenvalue weighted by Gasteiger charge is 2.37. The molecule has 3 fully saturated rings. The SMILES string of the molecule is COc1cc(CN2CCC(c3nc(C)ccc3C(=O)N3CCCC4CCCCC43)CC2)ccc1O. The first kappa shape index (κ1) is 24.1. The van der Waals surface area contributed by atoms with Crippen LogP contribution in [0, 0.1) is 12.8 Å². The number of amides is 1.